The Morgan fingerprint density at radius 2 is 1.64 bits per heavy atom. The molecule has 162 valence electrons. The number of aliphatic hydroxyl groups is 2. The third-order valence-corrected chi connectivity index (χ3v) is 4.87. The van der Waals surface area contributed by atoms with Crippen molar-refractivity contribution in [3.63, 3.8) is 0 Å². The van der Waals surface area contributed by atoms with Crippen molar-refractivity contribution in [2.45, 2.75) is 91.4 Å². The van der Waals surface area contributed by atoms with Crippen LogP contribution in [0.3, 0.4) is 0 Å². The molecule has 3 N–H and O–H groups in total. The normalized spacial score (nSPS) is 23.6. The second kappa shape index (κ2) is 7.27. The quantitative estimate of drug-likeness (QED) is 0.615. The van der Waals surface area contributed by atoms with E-state index >= 15 is 0 Å². The Morgan fingerprint density at radius 1 is 1.14 bits per heavy atom. The number of aliphatic hydroxyl groups excluding tert-OH is 1. The summed E-state index contributed by atoms with van der Waals surface area (Å²) in [5.74, 6) is -1.29. The summed E-state index contributed by atoms with van der Waals surface area (Å²) in [6.07, 6.45) is -1.67. The molecule has 2 rings (SSSR count). The van der Waals surface area contributed by atoms with Crippen LogP contribution in [0.1, 0.15) is 62.3 Å². The van der Waals surface area contributed by atoms with E-state index in [0.29, 0.717) is 24.4 Å². The lowest BCUT2D eigenvalue weighted by atomic mass is 9.94. The summed E-state index contributed by atoms with van der Waals surface area (Å²) in [7, 11) is 0. The van der Waals surface area contributed by atoms with Gasteiger partial charge in [0.1, 0.15) is 11.7 Å². The van der Waals surface area contributed by atoms with Crippen molar-refractivity contribution in [2.24, 2.45) is 11.3 Å². The zero-order valence-electron chi connectivity index (χ0n) is 18.7. The van der Waals surface area contributed by atoms with Crippen LogP contribution in [0, 0.1) is 11.3 Å². The number of alkyl carbamates (subject to hydrolysis) is 1. The first-order valence-corrected chi connectivity index (χ1v) is 9.94. The van der Waals surface area contributed by atoms with Gasteiger partial charge in [0.2, 0.25) is 5.79 Å². The van der Waals surface area contributed by atoms with E-state index in [0.717, 1.165) is 0 Å². The van der Waals surface area contributed by atoms with Gasteiger partial charge in [0.15, 0.2) is 0 Å². The van der Waals surface area contributed by atoms with E-state index in [1.807, 2.05) is 27.7 Å². The molecule has 0 saturated carbocycles. The topological polar surface area (TPSA) is 97.3 Å². The molecule has 7 heteroatoms. The van der Waals surface area contributed by atoms with Crippen LogP contribution in [0.5, 0.6) is 0 Å². The molecule has 1 aliphatic heterocycles. The second-order valence-corrected chi connectivity index (χ2v) is 10.6. The number of hydrogen-bond acceptors (Lipinski definition) is 6. The summed E-state index contributed by atoms with van der Waals surface area (Å²) in [5.41, 5.74) is -0.993. The molecule has 1 spiro atoms. The second-order valence-electron chi connectivity index (χ2n) is 10.6. The van der Waals surface area contributed by atoms with E-state index in [-0.39, 0.29) is 11.3 Å². The highest BCUT2D eigenvalue weighted by atomic mass is 16.7. The Kier molecular flexibility index (Phi) is 6.01. The zero-order valence-corrected chi connectivity index (χ0v) is 18.7. The van der Waals surface area contributed by atoms with Gasteiger partial charge in [0.25, 0.3) is 0 Å². The standard InChI is InChI=1S/C21H37NO6/c1-12(2)14(22-17(24)28-18(3,4)5)15(23)13-16(20(8,9)25)21(13)26-10-19(6,7)11-27-21/h12,14-15,23,25H,10-11H2,1-9H3,(H,22,24)/t14-,15?/m0/s1. The Balaban J connectivity index is 2.25. The lowest BCUT2D eigenvalue weighted by Crippen LogP contribution is -2.50. The van der Waals surface area contributed by atoms with E-state index in [1.165, 1.54) is 0 Å². The smallest absolute Gasteiger partial charge is 0.407 e. The minimum Gasteiger partial charge on any atom is -0.444 e. The van der Waals surface area contributed by atoms with Gasteiger partial charge in [-0.05, 0) is 40.5 Å². The summed E-state index contributed by atoms with van der Waals surface area (Å²) < 4.78 is 17.4. The fourth-order valence-electron chi connectivity index (χ4n) is 3.55. The summed E-state index contributed by atoms with van der Waals surface area (Å²) >= 11 is 0. The monoisotopic (exact) mass is 399 g/mol. The van der Waals surface area contributed by atoms with E-state index in [2.05, 4.69) is 5.32 Å². The highest BCUT2D eigenvalue weighted by molar-refractivity contribution is 5.69. The molecule has 0 bridgehead atoms. The molecule has 0 radical (unpaired) electrons. The SMILES string of the molecule is CC(C)[C@H](NC(=O)OC(C)(C)C)C(O)C1=C(C(C)(C)O)C12OCC(C)(C)CO2. The van der Waals surface area contributed by atoms with Crippen molar-refractivity contribution in [2.75, 3.05) is 13.2 Å². The lowest BCUT2D eigenvalue weighted by molar-refractivity contribution is -0.241. The number of rotatable bonds is 5. The first-order valence-electron chi connectivity index (χ1n) is 9.94. The number of nitrogens with one attached hydrogen (secondary N) is 1. The van der Waals surface area contributed by atoms with Crippen molar-refractivity contribution < 1.29 is 29.2 Å². The molecule has 0 aromatic heterocycles. The zero-order chi connectivity index (χ0) is 21.7. The third-order valence-electron chi connectivity index (χ3n) is 4.87. The first kappa shape index (κ1) is 23.1. The van der Waals surface area contributed by atoms with Gasteiger partial charge in [-0.2, -0.15) is 0 Å². The van der Waals surface area contributed by atoms with Crippen molar-refractivity contribution in [1.29, 1.82) is 0 Å². The Hall–Kier alpha value is -1.15. The van der Waals surface area contributed by atoms with Gasteiger partial charge in [-0.3, -0.25) is 0 Å². The first-order chi connectivity index (χ1) is 12.5. The van der Waals surface area contributed by atoms with Crippen LogP contribution < -0.4 is 5.32 Å². The average Bonchev–Trinajstić information content (AvgIpc) is 3.15. The molecule has 1 unspecified atom stereocenters. The van der Waals surface area contributed by atoms with Crippen molar-refractivity contribution in [3.8, 4) is 0 Å². The largest absolute Gasteiger partial charge is 0.444 e. The van der Waals surface area contributed by atoms with Crippen LogP contribution in [0.2, 0.25) is 0 Å². The van der Waals surface area contributed by atoms with Crippen molar-refractivity contribution in [3.05, 3.63) is 11.1 Å². The molecule has 1 amide bonds. The van der Waals surface area contributed by atoms with E-state index in [9.17, 15) is 15.0 Å². The highest BCUT2D eigenvalue weighted by Gasteiger charge is 2.66. The molecule has 0 aromatic rings. The van der Waals surface area contributed by atoms with Crippen molar-refractivity contribution in [1.82, 2.24) is 5.32 Å². The van der Waals surface area contributed by atoms with Crippen LogP contribution in [-0.2, 0) is 14.2 Å². The molecular formula is C21H37NO6. The summed E-state index contributed by atoms with van der Waals surface area (Å²) in [5, 5.41) is 24.6. The number of hydrogen-bond donors (Lipinski definition) is 3. The van der Waals surface area contributed by atoms with Gasteiger partial charge >= 0.3 is 6.09 Å². The van der Waals surface area contributed by atoms with Crippen LogP contribution in [0.4, 0.5) is 4.79 Å². The number of carbonyl (C=O) groups is 1. The van der Waals surface area contributed by atoms with Gasteiger partial charge in [-0.15, -0.1) is 0 Å². The summed E-state index contributed by atoms with van der Waals surface area (Å²) in [6, 6.07) is -0.622. The maximum Gasteiger partial charge on any atom is 0.407 e. The van der Waals surface area contributed by atoms with Gasteiger partial charge in [-0.25, -0.2) is 4.79 Å². The van der Waals surface area contributed by atoms with Gasteiger partial charge in [0, 0.05) is 16.6 Å². The Labute approximate surface area is 168 Å². The van der Waals surface area contributed by atoms with E-state index < -0.39 is 35.2 Å². The predicted molar refractivity (Wildman–Crippen MR) is 106 cm³/mol. The summed E-state index contributed by atoms with van der Waals surface area (Å²) in [4.78, 5) is 12.3. The fraction of sp³-hybridized carbons (Fsp3) is 0.857. The lowest BCUT2D eigenvalue weighted by Gasteiger charge is -2.39. The Morgan fingerprint density at radius 3 is 2.04 bits per heavy atom. The van der Waals surface area contributed by atoms with Crippen LogP contribution in [0.15, 0.2) is 11.1 Å². The van der Waals surface area contributed by atoms with Crippen LogP contribution in [-0.4, -0.2) is 58.7 Å². The molecule has 1 heterocycles. The maximum absolute atomic E-state index is 12.3. The molecule has 7 nitrogen and oxygen atoms in total. The summed E-state index contributed by atoms with van der Waals surface area (Å²) in [6.45, 7) is 17.4. The Bertz CT molecular complexity index is 628. The molecule has 2 aliphatic rings. The number of carbonyl (C=O) groups excluding carboxylic acids is 1. The van der Waals surface area contributed by atoms with Crippen molar-refractivity contribution >= 4 is 6.09 Å². The minimum absolute atomic E-state index is 0.0873. The average molecular weight is 400 g/mol. The maximum atomic E-state index is 12.3. The number of ether oxygens (including phenoxy) is 3. The van der Waals surface area contributed by atoms with Gasteiger partial charge in [-0.1, -0.05) is 27.7 Å². The van der Waals surface area contributed by atoms with Gasteiger partial charge in [0.05, 0.1) is 24.9 Å². The molecule has 1 saturated heterocycles. The molecule has 1 fully saturated rings. The third kappa shape index (κ3) is 4.87. The van der Waals surface area contributed by atoms with E-state index in [4.69, 9.17) is 14.2 Å². The molecule has 2 atom stereocenters. The molecular weight excluding hydrogens is 362 g/mol. The van der Waals surface area contributed by atoms with Crippen LogP contribution in [0.25, 0.3) is 0 Å². The fourth-order valence-corrected chi connectivity index (χ4v) is 3.55. The highest BCUT2D eigenvalue weighted by Crippen LogP contribution is 2.58. The minimum atomic E-state index is -1.22. The number of amides is 1. The molecule has 28 heavy (non-hydrogen) atoms. The molecule has 0 aromatic carbocycles. The van der Waals surface area contributed by atoms with Crippen LogP contribution >= 0.6 is 0 Å². The van der Waals surface area contributed by atoms with E-state index in [1.54, 1.807) is 34.6 Å². The predicted octanol–water partition coefficient (Wildman–Crippen LogP) is 2.75. The molecule has 1 aliphatic carbocycles. The van der Waals surface area contributed by atoms with Gasteiger partial charge < -0.3 is 29.7 Å².